The second kappa shape index (κ2) is 4.46. The number of ketones is 1. The van der Waals surface area contributed by atoms with Crippen molar-refractivity contribution in [2.75, 3.05) is 33.2 Å². The SMILES string of the molecule is CC(=O)C(C)(C)C(C)(C)N1CCN(C)CC1. The van der Waals surface area contributed by atoms with E-state index in [4.69, 9.17) is 0 Å². The number of carbonyl (C=O) groups is 1. The lowest BCUT2D eigenvalue weighted by Crippen LogP contribution is -2.61. The van der Waals surface area contributed by atoms with Crippen molar-refractivity contribution >= 4 is 5.78 Å². The van der Waals surface area contributed by atoms with E-state index in [1.807, 2.05) is 0 Å². The van der Waals surface area contributed by atoms with Crippen LogP contribution in [0.5, 0.6) is 0 Å². The van der Waals surface area contributed by atoms with Gasteiger partial charge < -0.3 is 4.90 Å². The molecule has 0 spiro atoms. The minimum atomic E-state index is -0.289. The number of hydrogen-bond donors (Lipinski definition) is 0. The topological polar surface area (TPSA) is 23.6 Å². The fourth-order valence-electron chi connectivity index (χ4n) is 2.19. The van der Waals surface area contributed by atoms with Gasteiger partial charge in [-0.3, -0.25) is 9.69 Å². The van der Waals surface area contributed by atoms with Crippen LogP contribution in [0.1, 0.15) is 34.6 Å². The summed E-state index contributed by atoms with van der Waals surface area (Å²) in [6.45, 7) is 14.5. The summed E-state index contributed by atoms with van der Waals surface area (Å²) in [6, 6.07) is 0. The summed E-state index contributed by atoms with van der Waals surface area (Å²) in [6.07, 6.45) is 0. The Hall–Kier alpha value is -0.410. The molecule has 0 aromatic heterocycles. The van der Waals surface area contributed by atoms with Crippen LogP contribution in [-0.2, 0) is 4.79 Å². The molecular weight excluding hydrogens is 200 g/mol. The fraction of sp³-hybridized carbons (Fsp3) is 0.923. The highest BCUT2D eigenvalue weighted by Crippen LogP contribution is 2.36. The van der Waals surface area contributed by atoms with E-state index in [9.17, 15) is 4.79 Å². The van der Waals surface area contributed by atoms with Crippen LogP contribution < -0.4 is 0 Å². The average molecular weight is 226 g/mol. The molecule has 1 rings (SSSR count). The number of rotatable bonds is 3. The molecule has 0 unspecified atom stereocenters. The molecular formula is C13H26N2O. The largest absolute Gasteiger partial charge is 0.304 e. The number of piperazine rings is 1. The zero-order chi connectivity index (χ0) is 12.6. The first-order valence-electron chi connectivity index (χ1n) is 6.14. The van der Waals surface area contributed by atoms with Gasteiger partial charge >= 0.3 is 0 Å². The summed E-state index contributed by atoms with van der Waals surface area (Å²) in [5, 5.41) is 0. The maximum absolute atomic E-state index is 11.8. The van der Waals surface area contributed by atoms with Gasteiger partial charge in [-0.2, -0.15) is 0 Å². The van der Waals surface area contributed by atoms with E-state index >= 15 is 0 Å². The highest BCUT2D eigenvalue weighted by Gasteiger charge is 2.45. The highest BCUT2D eigenvalue weighted by molar-refractivity contribution is 5.83. The molecule has 1 aliphatic heterocycles. The van der Waals surface area contributed by atoms with Crippen molar-refractivity contribution in [1.29, 1.82) is 0 Å². The Kier molecular flexibility index (Phi) is 3.80. The van der Waals surface area contributed by atoms with Crippen LogP contribution in [0, 0.1) is 5.41 Å². The molecule has 0 bridgehead atoms. The predicted molar refractivity (Wildman–Crippen MR) is 67.6 cm³/mol. The number of nitrogens with zero attached hydrogens (tertiary/aromatic N) is 2. The van der Waals surface area contributed by atoms with E-state index in [1.165, 1.54) is 0 Å². The van der Waals surface area contributed by atoms with Crippen molar-refractivity contribution in [2.24, 2.45) is 5.41 Å². The van der Waals surface area contributed by atoms with Crippen molar-refractivity contribution in [1.82, 2.24) is 9.80 Å². The summed E-state index contributed by atoms with van der Waals surface area (Å²) in [5.41, 5.74) is -0.358. The molecule has 0 saturated carbocycles. The van der Waals surface area contributed by atoms with E-state index in [-0.39, 0.29) is 16.7 Å². The molecule has 0 aromatic carbocycles. The first kappa shape index (κ1) is 13.7. The number of carbonyl (C=O) groups excluding carboxylic acids is 1. The molecule has 0 atom stereocenters. The Morgan fingerprint density at radius 2 is 1.44 bits per heavy atom. The molecule has 1 saturated heterocycles. The monoisotopic (exact) mass is 226 g/mol. The van der Waals surface area contributed by atoms with Crippen LogP contribution in [0.2, 0.25) is 0 Å². The highest BCUT2D eigenvalue weighted by atomic mass is 16.1. The van der Waals surface area contributed by atoms with Gasteiger partial charge in [-0.05, 0) is 27.8 Å². The summed E-state index contributed by atoms with van der Waals surface area (Å²) in [7, 11) is 2.15. The van der Waals surface area contributed by atoms with Gasteiger partial charge in [0.15, 0.2) is 0 Å². The van der Waals surface area contributed by atoms with Gasteiger partial charge in [0.2, 0.25) is 0 Å². The second-order valence-corrected chi connectivity index (χ2v) is 6.03. The normalized spacial score (nSPS) is 21.1. The van der Waals surface area contributed by atoms with Crippen LogP contribution in [-0.4, -0.2) is 54.3 Å². The fourth-order valence-corrected chi connectivity index (χ4v) is 2.19. The lowest BCUT2D eigenvalue weighted by molar-refractivity contribution is -0.134. The number of likely N-dealkylation sites (N-methyl/N-ethyl adjacent to an activating group) is 1. The van der Waals surface area contributed by atoms with E-state index in [0.717, 1.165) is 26.2 Å². The third-order valence-electron chi connectivity index (χ3n) is 4.70. The number of hydrogen-bond acceptors (Lipinski definition) is 3. The van der Waals surface area contributed by atoms with Crippen LogP contribution >= 0.6 is 0 Å². The molecule has 1 heterocycles. The van der Waals surface area contributed by atoms with Gasteiger partial charge in [0, 0.05) is 37.1 Å². The van der Waals surface area contributed by atoms with Crippen LogP contribution in [0.4, 0.5) is 0 Å². The standard InChI is InChI=1S/C13H26N2O/c1-11(16)12(2,3)13(4,5)15-9-7-14(6)8-10-15/h7-10H2,1-6H3. The zero-order valence-corrected chi connectivity index (χ0v) is 11.6. The Labute approximate surface area is 99.8 Å². The molecule has 0 N–H and O–H groups in total. The molecule has 0 amide bonds. The zero-order valence-electron chi connectivity index (χ0n) is 11.6. The Morgan fingerprint density at radius 3 is 1.81 bits per heavy atom. The molecule has 16 heavy (non-hydrogen) atoms. The van der Waals surface area contributed by atoms with Gasteiger partial charge in [-0.25, -0.2) is 0 Å². The Balaban J connectivity index is 2.81. The molecule has 94 valence electrons. The van der Waals surface area contributed by atoms with E-state index in [1.54, 1.807) is 6.92 Å². The van der Waals surface area contributed by atoms with Gasteiger partial charge in [0.05, 0.1) is 0 Å². The first-order valence-corrected chi connectivity index (χ1v) is 6.14. The first-order chi connectivity index (χ1) is 7.19. The van der Waals surface area contributed by atoms with E-state index in [2.05, 4.69) is 44.5 Å². The lowest BCUT2D eigenvalue weighted by atomic mass is 9.70. The van der Waals surface area contributed by atoms with Gasteiger partial charge in [-0.15, -0.1) is 0 Å². The van der Waals surface area contributed by atoms with Crippen molar-refractivity contribution < 1.29 is 4.79 Å². The minimum Gasteiger partial charge on any atom is -0.304 e. The summed E-state index contributed by atoms with van der Waals surface area (Å²) in [4.78, 5) is 16.6. The molecule has 0 radical (unpaired) electrons. The Bertz CT molecular complexity index is 263. The predicted octanol–water partition coefficient (Wildman–Crippen LogP) is 1.63. The second-order valence-electron chi connectivity index (χ2n) is 6.03. The molecule has 1 aliphatic rings. The molecule has 3 nitrogen and oxygen atoms in total. The average Bonchev–Trinajstić information content (AvgIpc) is 2.17. The van der Waals surface area contributed by atoms with Crippen molar-refractivity contribution in [2.45, 2.75) is 40.2 Å². The van der Waals surface area contributed by atoms with Crippen molar-refractivity contribution in [3.8, 4) is 0 Å². The summed E-state index contributed by atoms with van der Waals surface area (Å²) in [5.74, 6) is 0.274. The molecule has 0 aromatic rings. The third-order valence-corrected chi connectivity index (χ3v) is 4.70. The molecule has 3 heteroatoms. The van der Waals surface area contributed by atoms with Crippen molar-refractivity contribution in [3.63, 3.8) is 0 Å². The minimum absolute atomic E-state index is 0.0694. The quantitative estimate of drug-likeness (QED) is 0.731. The van der Waals surface area contributed by atoms with E-state index < -0.39 is 0 Å². The van der Waals surface area contributed by atoms with Gasteiger partial charge in [-0.1, -0.05) is 13.8 Å². The van der Waals surface area contributed by atoms with Gasteiger partial charge in [0.25, 0.3) is 0 Å². The van der Waals surface area contributed by atoms with Crippen LogP contribution in [0.3, 0.4) is 0 Å². The third kappa shape index (κ3) is 2.30. The van der Waals surface area contributed by atoms with Crippen LogP contribution in [0.15, 0.2) is 0 Å². The maximum atomic E-state index is 11.8. The smallest absolute Gasteiger partial charge is 0.137 e. The number of Topliss-reactive ketones (excluding diaryl/α,β-unsaturated/α-hetero) is 1. The molecule has 0 aliphatic carbocycles. The lowest BCUT2D eigenvalue weighted by Gasteiger charge is -2.50. The Morgan fingerprint density at radius 1 is 1.00 bits per heavy atom. The van der Waals surface area contributed by atoms with Crippen molar-refractivity contribution in [3.05, 3.63) is 0 Å². The van der Waals surface area contributed by atoms with E-state index in [0.29, 0.717) is 0 Å². The van der Waals surface area contributed by atoms with Crippen LogP contribution in [0.25, 0.3) is 0 Å². The molecule has 1 fully saturated rings. The van der Waals surface area contributed by atoms with Gasteiger partial charge in [0.1, 0.15) is 5.78 Å². The summed E-state index contributed by atoms with van der Waals surface area (Å²) >= 11 is 0. The maximum Gasteiger partial charge on any atom is 0.137 e. The summed E-state index contributed by atoms with van der Waals surface area (Å²) < 4.78 is 0.